The summed E-state index contributed by atoms with van der Waals surface area (Å²) in [5.41, 5.74) is 2.33. The second-order valence-corrected chi connectivity index (χ2v) is 6.21. The molecule has 0 spiro atoms. The Morgan fingerprint density at radius 3 is 2.33 bits per heavy atom. The normalized spacial score (nSPS) is 11.6. The van der Waals surface area contributed by atoms with Gasteiger partial charge in [0.2, 0.25) is 0 Å². The first-order chi connectivity index (χ1) is 12.7. The molecule has 1 amide bonds. The van der Waals surface area contributed by atoms with Crippen LogP contribution < -0.4 is 14.8 Å². The van der Waals surface area contributed by atoms with Crippen molar-refractivity contribution in [2.24, 2.45) is 0 Å². The number of amides is 1. The van der Waals surface area contributed by atoms with Gasteiger partial charge in [0.25, 0.3) is 5.91 Å². The molecule has 27 heavy (non-hydrogen) atoms. The number of aryl methyl sites for hydroxylation is 2. The van der Waals surface area contributed by atoms with Gasteiger partial charge >= 0.3 is 5.97 Å². The smallest absolute Gasteiger partial charge is 0.341 e. The number of carboxylic acid groups (broad SMARTS) is 1. The fourth-order valence-corrected chi connectivity index (χ4v) is 2.76. The number of hydrogen-bond acceptors (Lipinski definition) is 4. The molecule has 0 saturated carbocycles. The summed E-state index contributed by atoms with van der Waals surface area (Å²) in [7, 11) is 1.39. The SMILES string of the molecule is COc1ccc(C(C)NC(=O)c2cc(C)c(OCC(=O)O)c(C)c2)cc1F. The van der Waals surface area contributed by atoms with Crippen LogP contribution in [0, 0.1) is 19.7 Å². The zero-order valence-electron chi connectivity index (χ0n) is 15.6. The predicted molar refractivity (Wildman–Crippen MR) is 97.9 cm³/mol. The Hall–Kier alpha value is -3.09. The molecule has 1 unspecified atom stereocenters. The van der Waals surface area contributed by atoms with Crippen LogP contribution in [0.2, 0.25) is 0 Å². The topological polar surface area (TPSA) is 84.9 Å². The Morgan fingerprint density at radius 1 is 1.19 bits per heavy atom. The van der Waals surface area contributed by atoms with Gasteiger partial charge in [-0.2, -0.15) is 0 Å². The van der Waals surface area contributed by atoms with Crippen molar-refractivity contribution < 1.29 is 28.6 Å². The van der Waals surface area contributed by atoms with E-state index < -0.39 is 24.4 Å². The van der Waals surface area contributed by atoms with Crippen molar-refractivity contribution in [1.29, 1.82) is 0 Å². The molecule has 0 aliphatic carbocycles. The van der Waals surface area contributed by atoms with Crippen LogP contribution in [0.4, 0.5) is 4.39 Å². The maximum atomic E-state index is 13.9. The van der Waals surface area contributed by atoms with Crippen molar-refractivity contribution in [1.82, 2.24) is 5.32 Å². The number of carbonyl (C=O) groups is 2. The Bertz CT molecular complexity index is 842. The molecule has 6 nitrogen and oxygen atoms in total. The van der Waals surface area contributed by atoms with Crippen LogP contribution in [-0.2, 0) is 4.79 Å². The molecule has 2 aromatic carbocycles. The highest BCUT2D eigenvalue weighted by molar-refractivity contribution is 5.95. The molecule has 1 atom stereocenters. The van der Waals surface area contributed by atoms with E-state index in [9.17, 15) is 14.0 Å². The predicted octanol–water partition coefficient (Wildman–Crippen LogP) is 3.41. The van der Waals surface area contributed by atoms with Gasteiger partial charge in [-0.1, -0.05) is 6.07 Å². The maximum absolute atomic E-state index is 13.9. The zero-order chi connectivity index (χ0) is 20.1. The van der Waals surface area contributed by atoms with E-state index in [1.54, 1.807) is 39.0 Å². The van der Waals surface area contributed by atoms with Gasteiger partial charge in [-0.3, -0.25) is 4.79 Å². The monoisotopic (exact) mass is 375 g/mol. The van der Waals surface area contributed by atoms with Crippen molar-refractivity contribution in [3.05, 3.63) is 58.4 Å². The largest absolute Gasteiger partial charge is 0.494 e. The second kappa shape index (κ2) is 8.53. The zero-order valence-corrected chi connectivity index (χ0v) is 15.6. The molecule has 0 fully saturated rings. The lowest BCUT2D eigenvalue weighted by atomic mass is 10.0. The van der Waals surface area contributed by atoms with Gasteiger partial charge in [0.1, 0.15) is 5.75 Å². The van der Waals surface area contributed by atoms with E-state index in [0.717, 1.165) is 0 Å². The standard InChI is InChI=1S/C20H22FNO5/c1-11-7-15(8-12(2)19(11)27-10-18(23)24)20(25)22-13(3)14-5-6-17(26-4)16(21)9-14/h5-9,13H,10H2,1-4H3,(H,22,25)(H,23,24). The number of benzene rings is 2. The van der Waals surface area contributed by atoms with E-state index in [1.165, 1.54) is 19.2 Å². The fraction of sp³-hybridized carbons (Fsp3) is 0.300. The number of ether oxygens (including phenoxy) is 2. The molecule has 0 aliphatic heterocycles. The average Bonchev–Trinajstić information content (AvgIpc) is 2.60. The van der Waals surface area contributed by atoms with Crippen LogP contribution in [-0.4, -0.2) is 30.7 Å². The Balaban J connectivity index is 2.15. The lowest BCUT2D eigenvalue weighted by molar-refractivity contribution is -0.139. The van der Waals surface area contributed by atoms with E-state index >= 15 is 0 Å². The number of nitrogens with one attached hydrogen (secondary N) is 1. The summed E-state index contributed by atoms with van der Waals surface area (Å²) in [4.78, 5) is 23.2. The number of carboxylic acids is 1. The first-order valence-corrected chi connectivity index (χ1v) is 8.33. The van der Waals surface area contributed by atoms with Crippen LogP contribution in [0.1, 0.15) is 40.0 Å². The first-order valence-electron chi connectivity index (χ1n) is 8.33. The molecule has 0 radical (unpaired) electrons. The maximum Gasteiger partial charge on any atom is 0.341 e. The van der Waals surface area contributed by atoms with Crippen molar-refractivity contribution in [2.75, 3.05) is 13.7 Å². The van der Waals surface area contributed by atoms with Gasteiger partial charge in [0.05, 0.1) is 13.2 Å². The molecule has 2 rings (SSSR count). The summed E-state index contributed by atoms with van der Waals surface area (Å²) in [5.74, 6) is -1.31. The third kappa shape index (κ3) is 4.97. The van der Waals surface area contributed by atoms with Gasteiger partial charge in [-0.25, -0.2) is 9.18 Å². The van der Waals surface area contributed by atoms with E-state index in [1.807, 2.05) is 0 Å². The molecular weight excluding hydrogens is 353 g/mol. The fourth-order valence-electron chi connectivity index (χ4n) is 2.76. The summed E-state index contributed by atoms with van der Waals surface area (Å²) < 4.78 is 24.0. The van der Waals surface area contributed by atoms with E-state index in [4.69, 9.17) is 14.6 Å². The minimum absolute atomic E-state index is 0.139. The van der Waals surface area contributed by atoms with Gasteiger partial charge < -0.3 is 19.9 Å². The van der Waals surface area contributed by atoms with Crippen LogP contribution >= 0.6 is 0 Å². The second-order valence-electron chi connectivity index (χ2n) is 6.21. The molecule has 2 aromatic rings. The van der Waals surface area contributed by atoms with Crippen molar-refractivity contribution >= 4 is 11.9 Å². The number of carbonyl (C=O) groups excluding carboxylic acids is 1. The van der Waals surface area contributed by atoms with Crippen molar-refractivity contribution in [3.8, 4) is 11.5 Å². The minimum Gasteiger partial charge on any atom is -0.494 e. The van der Waals surface area contributed by atoms with Crippen LogP contribution in [0.5, 0.6) is 11.5 Å². The van der Waals surface area contributed by atoms with Crippen LogP contribution in [0.3, 0.4) is 0 Å². The highest BCUT2D eigenvalue weighted by atomic mass is 19.1. The van der Waals surface area contributed by atoms with Gasteiger partial charge in [0.15, 0.2) is 18.2 Å². The lowest BCUT2D eigenvalue weighted by Crippen LogP contribution is -2.27. The number of halogens is 1. The highest BCUT2D eigenvalue weighted by Crippen LogP contribution is 2.26. The van der Waals surface area contributed by atoms with E-state index in [0.29, 0.717) is 28.0 Å². The van der Waals surface area contributed by atoms with Gasteiger partial charge in [-0.15, -0.1) is 0 Å². The molecule has 0 saturated heterocycles. The Labute approximate surface area is 156 Å². The highest BCUT2D eigenvalue weighted by Gasteiger charge is 2.16. The summed E-state index contributed by atoms with van der Waals surface area (Å²) in [6.07, 6.45) is 0. The number of methoxy groups -OCH3 is 1. The Kier molecular flexibility index (Phi) is 6.39. The van der Waals surface area contributed by atoms with E-state index in [2.05, 4.69) is 5.32 Å². The third-order valence-corrected chi connectivity index (χ3v) is 4.09. The molecular formula is C20H22FNO5. The van der Waals surface area contributed by atoms with Gasteiger partial charge in [0, 0.05) is 5.56 Å². The third-order valence-electron chi connectivity index (χ3n) is 4.09. The van der Waals surface area contributed by atoms with Crippen molar-refractivity contribution in [2.45, 2.75) is 26.8 Å². The number of hydrogen-bond donors (Lipinski definition) is 2. The van der Waals surface area contributed by atoms with Crippen molar-refractivity contribution in [3.63, 3.8) is 0 Å². The Morgan fingerprint density at radius 2 is 1.81 bits per heavy atom. The summed E-state index contributed by atoms with van der Waals surface area (Å²) in [5, 5.41) is 11.6. The lowest BCUT2D eigenvalue weighted by Gasteiger charge is -2.17. The summed E-state index contributed by atoms with van der Waals surface area (Å²) in [6, 6.07) is 7.36. The molecule has 0 bridgehead atoms. The molecule has 7 heteroatoms. The molecule has 0 aliphatic rings. The number of aliphatic carboxylic acids is 1. The summed E-state index contributed by atoms with van der Waals surface area (Å²) in [6.45, 7) is 4.78. The van der Waals surface area contributed by atoms with Crippen LogP contribution in [0.25, 0.3) is 0 Å². The van der Waals surface area contributed by atoms with Crippen LogP contribution in [0.15, 0.2) is 30.3 Å². The molecule has 0 aromatic heterocycles. The van der Waals surface area contributed by atoms with Gasteiger partial charge in [-0.05, 0) is 61.7 Å². The molecule has 144 valence electrons. The van der Waals surface area contributed by atoms with E-state index in [-0.39, 0.29) is 11.7 Å². The minimum atomic E-state index is -1.07. The average molecular weight is 375 g/mol. The summed E-state index contributed by atoms with van der Waals surface area (Å²) >= 11 is 0. The quantitative estimate of drug-likeness (QED) is 0.775. The number of rotatable bonds is 7. The first kappa shape index (κ1) is 20.2. The molecule has 2 N–H and O–H groups in total. The molecule has 0 heterocycles.